The highest BCUT2D eigenvalue weighted by atomic mass is 79.9. The largest absolute Gasteiger partial charge is 0.444 e. The minimum atomic E-state index is -0.514. The number of nitrogens with zero attached hydrogens (tertiary/aromatic N) is 1. The number of nitrogens with one attached hydrogen (secondary N) is 1. The number of rotatable bonds is 2. The van der Waals surface area contributed by atoms with E-state index in [1.165, 1.54) is 16.7 Å². The average molecular weight is 457 g/mol. The lowest BCUT2D eigenvalue weighted by atomic mass is 9.90. The molecule has 1 heterocycles. The van der Waals surface area contributed by atoms with Crippen LogP contribution in [0.25, 0.3) is 5.57 Å². The van der Waals surface area contributed by atoms with E-state index in [2.05, 4.69) is 56.6 Å². The molecule has 1 N–H and O–H groups in total. The molecule has 0 bridgehead atoms. The van der Waals surface area contributed by atoms with Crippen molar-refractivity contribution in [2.75, 3.05) is 0 Å². The van der Waals surface area contributed by atoms with E-state index in [1.807, 2.05) is 39.1 Å². The van der Waals surface area contributed by atoms with E-state index in [0.29, 0.717) is 0 Å². The van der Waals surface area contributed by atoms with Crippen molar-refractivity contribution in [2.24, 2.45) is 0 Å². The summed E-state index contributed by atoms with van der Waals surface area (Å²) in [5.74, 6) is 0. The highest BCUT2D eigenvalue weighted by molar-refractivity contribution is 9.10. The van der Waals surface area contributed by atoms with E-state index < -0.39 is 5.60 Å². The molecular weight excluding hydrogens is 428 g/mol. The summed E-state index contributed by atoms with van der Waals surface area (Å²) in [6, 6.07) is 12.4. The first-order chi connectivity index (χ1) is 13.8. The van der Waals surface area contributed by atoms with Gasteiger partial charge in [0.1, 0.15) is 5.60 Å². The van der Waals surface area contributed by atoms with Gasteiger partial charge in [0.05, 0.1) is 11.7 Å². The number of ether oxygens (including phenoxy) is 1. The van der Waals surface area contributed by atoms with E-state index in [-0.39, 0.29) is 12.1 Å². The van der Waals surface area contributed by atoms with Crippen LogP contribution in [0.15, 0.2) is 53.1 Å². The number of aryl methyl sites for hydroxylation is 1. The number of halogens is 1. The zero-order valence-corrected chi connectivity index (χ0v) is 19.0. The summed E-state index contributed by atoms with van der Waals surface area (Å²) in [4.78, 5) is 17.0. The second kappa shape index (κ2) is 9.57. The van der Waals surface area contributed by atoms with Crippen LogP contribution < -0.4 is 5.32 Å². The molecule has 0 saturated carbocycles. The first-order valence-electron chi connectivity index (χ1n) is 10.2. The number of fused-ring (bicyclic) bond motifs is 1. The highest BCUT2D eigenvalue weighted by Crippen LogP contribution is 2.29. The van der Waals surface area contributed by atoms with Gasteiger partial charge in [0.25, 0.3) is 0 Å². The molecule has 0 unspecified atom stereocenters. The van der Waals surface area contributed by atoms with Crippen LogP contribution in [0.4, 0.5) is 4.79 Å². The summed E-state index contributed by atoms with van der Waals surface area (Å²) in [7, 11) is 0. The van der Waals surface area contributed by atoms with Gasteiger partial charge >= 0.3 is 6.09 Å². The Labute approximate surface area is 181 Å². The Morgan fingerprint density at radius 2 is 1.97 bits per heavy atom. The Balaban J connectivity index is 1.83. The Hall–Kier alpha value is -2.14. The molecular formula is C24H29BrN2O2. The van der Waals surface area contributed by atoms with Crippen LogP contribution in [0.3, 0.4) is 0 Å². The third-order valence-corrected chi connectivity index (χ3v) is 5.39. The number of hydrogen-bond acceptors (Lipinski definition) is 3. The summed E-state index contributed by atoms with van der Waals surface area (Å²) < 4.78 is 6.49. The lowest BCUT2D eigenvalue weighted by Gasteiger charge is -2.26. The summed E-state index contributed by atoms with van der Waals surface area (Å²) in [5, 5.41) is 3.10. The quantitative estimate of drug-likeness (QED) is 0.552. The summed E-state index contributed by atoms with van der Waals surface area (Å²) in [6.45, 7) is 5.65. The van der Waals surface area contributed by atoms with E-state index in [0.717, 1.165) is 42.3 Å². The fourth-order valence-electron chi connectivity index (χ4n) is 3.65. The summed E-state index contributed by atoms with van der Waals surface area (Å²) in [5.41, 5.74) is 4.27. The summed E-state index contributed by atoms with van der Waals surface area (Å²) in [6.07, 6.45) is 8.43. The van der Waals surface area contributed by atoms with Crippen molar-refractivity contribution in [3.8, 4) is 0 Å². The minimum Gasteiger partial charge on any atom is -0.444 e. The molecule has 0 fully saturated rings. The van der Waals surface area contributed by atoms with Crippen molar-refractivity contribution >= 4 is 27.6 Å². The SMILES string of the molecule is CC(C)(C)OC(=O)N[C@H]1CC/C=C(/c2ccc(Br)cn2)CCCc2ccccc21. The number of alkyl carbamates (subject to hydrolysis) is 1. The number of amides is 1. The van der Waals surface area contributed by atoms with Crippen molar-refractivity contribution in [1.82, 2.24) is 10.3 Å². The van der Waals surface area contributed by atoms with Gasteiger partial charge in [-0.25, -0.2) is 4.79 Å². The van der Waals surface area contributed by atoms with Crippen LogP contribution in [-0.4, -0.2) is 16.7 Å². The standard InChI is InChI=1S/C24H29BrN2O2/c1-24(2,3)29-23(28)27-22-13-7-11-18(21-15-14-19(25)16-26-21)10-6-9-17-8-4-5-12-20(17)22/h4-5,8,11-12,14-16,22H,6-7,9-10,13H2,1-3H3,(H,27,28)/b18-11+/t22-/m0/s1. The molecule has 0 spiro atoms. The van der Waals surface area contributed by atoms with Gasteiger partial charge < -0.3 is 10.1 Å². The maximum Gasteiger partial charge on any atom is 0.408 e. The Morgan fingerprint density at radius 1 is 1.17 bits per heavy atom. The Kier molecular flexibility index (Phi) is 7.12. The van der Waals surface area contributed by atoms with E-state index in [4.69, 9.17) is 4.74 Å². The summed E-state index contributed by atoms with van der Waals surface area (Å²) >= 11 is 3.46. The first kappa shape index (κ1) is 21.6. The van der Waals surface area contributed by atoms with Crippen LogP contribution in [0.5, 0.6) is 0 Å². The molecule has 5 heteroatoms. The molecule has 1 aromatic carbocycles. The minimum absolute atomic E-state index is 0.0745. The predicted molar refractivity (Wildman–Crippen MR) is 121 cm³/mol. The lowest BCUT2D eigenvalue weighted by molar-refractivity contribution is 0.0501. The maximum atomic E-state index is 12.4. The Bertz CT molecular complexity index is 869. The van der Waals surface area contributed by atoms with E-state index in [1.54, 1.807) is 0 Å². The van der Waals surface area contributed by atoms with Crippen LogP contribution in [0.1, 0.15) is 69.3 Å². The molecule has 0 aliphatic heterocycles. The molecule has 154 valence electrons. The zero-order valence-electron chi connectivity index (χ0n) is 17.4. The molecule has 29 heavy (non-hydrogen) atoms. The second-order valence-electron chi connectivity index (χ2n) is 8.42. The molecule has 4 nitrogen and oxygen atoms in total. The third kappa shape index (κ3) is 6.43. The van der Waals surface area contributed by atoms with Crippen molar-refractivity contribution in [3.05, 3.63) is 70.0 Å². The van der Waals surface area contributed by atoms with Crippen molar-refractivity contribution in [1.29, 1.82) is 0 Å². The molecule has 0 radical (unpaired) electrons. The number of carbonyl (C=O) groups excluding carboxylic acids is 1. The zero-order chi connectivity index (χ0) is 20.9. The van der Waals surface area contributed by atoms with Gasteiger partial charge in [-0.2, -0.15) is 0 Å². The fraction of sp³-hybridized carbons (Fsp3) is 0.417. The Morgan fingerprint density at radius 3 is 2.69 bits per heavy atom. The monoisotopic (exact) mass is 456 g/mol. The topological polar surface area (TPSA) is 51.2 Å². The van der Waals surface area contributed by atoms with Crippen LogP contribution in [0, 0.1) is 0 Å². The van der Waals surface area contributed by atoms with Gasteiger partial charge in [0.2, 0.25) is 0 Å². The maximum absolute atomic E-state index is 12.4. The van der Waals surface area contributed by atoms with Gasteiger partial charge in [-0.15, -0.1) is 0 Å². The number of hydrogen-bond donors (Lipinski definition) is 1. The molecule has 1 amide bonds. The normalized spacial score (nSPS) is 19.4. The predicted octanol–water partition coefficient (Wildman–Crippen LogP) is 6.61. The smallest absolute Gasteiger partial charge is 0.408 e. The molecule has 0 saturated heterocycles. The van der Waals surface area contributed by atoms with Crippen molar-refractivity contribution in [2.45, 2.75) is 64.5 Å². The van der Waals surface area contributed by atoms with E-state index >= 15 is 0 Å². The van der Waals surface area contributed by atoms with Crippen molar-refractivity contribution in [3.63, 3.8) is 0 Å². The third-order valence-electron chi connectivity index (χ3n) is 4.92. The average Bonchev–Trinajstić information content (AvgIpc) is 2.66. The first-order valence-corrected chi connectivity index (χ1v) is 11.0. The van der Waals surface area contributed by atoms with Crippen LogP contribution in [0.2, 0.25) is 0 Å². The second-order valence-corrected chi connectivity index (χ2v) is 9.34. The molecule has 3 rings (SSSR count). The number of pyridine rings is 1. The molecule has 1 aromatic heterocycles. The fourth-order valence-corrected chi connectivity index (χ4v) is 3.89. The number of benzene rings is 1. The number of aromatic nitrogens is 1. The van der Waals surface area contributed by atoms with Gasteiger partial charge in [-0.3, -0.25) is 4.98 Å². The van der Waals surface area contributed by atoms with Gasteiger partial charge in [0, 0.05) is 10.7 Å². The molecule has 1 atom stereocenters. The van der Waals surface area contributed by atoms with Gasteiger partial charge in [0.15, 0.2) is 0 Å². The number of allylic oxidation sites excluding steroid dienone is 2. The van der Waals surface area contributed by atoms with Crippen LogP contribution in [-0.2, 0) is 11.2 Å². The number of carbonyl (C=O) groups is 1. The lowest BCUT2D eigenvalue weighted by Crippen LogP contribution is -2.35. The molecule has 1 aliphatic rings. The van der Waals surface area contributed by atoms with E-state index in [9.17, 15) is 4.79 Å². The van der Waals surface area contributed by atoms with Gasteiger partial charge in [-0.1, -0.05) is 30.3 Å². The highest BCUT2D eigenvalue weighted by Gasteiger charge is 2.22. The van der Waals surface area contributed by atoms with Crippen LogP contribution >= 0.6 is 15.9 Å². The molecule has 1 aliphatic carbocycles. The van der Waals surface area contributed by atoms with Crippen molar-refractivity contribution < 1.29 is 9.53 Å². The van der Waals surface area contributed by atoms with Gasteiger partial charge in [-0.05, 0) is 97.6 Å². The molecule has 2 aromatic rings.